The lowest BCUT2D eigenvalue weighted by molar-refractivity contribution is 0.0866. The Bertz CT molecular complexity index is 1000. The number of nitrogens with two attached hydrogens (primary N) is 1. The highest BCUT2D eigenvalue weighted by molar-refractivity contribution is 5.95. The Kier molecular flexibility index (Phi) is 7.91. The van der Waals surface area contributed by atoms with Gasteiger partial charge in [0.15, 0.2) is 17.2 Å². The first-order valence-electron chi connectivity index (χ1n) is 10.1. The van der Waals surface area contributed by atoms with Gasteiger partial charge in [0, 0.05) is 12.1 Å². The third-order valence-corrected chi connectivity index (χ3v) is 4.76. The molecule has 0 spiro atoms. The maximum absolute atomic E-state index is 12.0. The normalized spacial score (nSPS) is 11.7. The zero-order chi connectivity index (χ0) is 22.9. The molecule has 0 fully saturated rings. The molecule has 0 heterocycles. The summed E-state index contributed by atoms with van der Waals surface area (Å²) in [5.74, 6) is -1.61. The van der Waals surface area contributed by atoms with Crippen LogP contribution in [-0.4, -0.2) is 47.6 Å². The lowest BCUT2D eigenvalue weighted by Crippen LogP contribution is -2.27. The van der Waals surface area contributed by atoms with Crippen LogP contribution in [0.1, 0.15) is 27.5 Å². The minimum atomic E-state index is -0.668. The highest BCUT2D eigenvalue weighted by Crippen LogP contribution is 2.35. The van der Waals surface area contributed by atoms with Gasteiger partial charge >= 0.3 is 0 Å². The summed E-state index contributed by atoms with van der Waals surface area (Å²) in [5, 5.41) is 30.8. The van der Waals surface area contributed by atoms with Crippen molar-refractivity contribution in [3.05, 3.63) is 83.4 Å². The molecular formula is C24H26N2O6. The predicted molar refractivity (Wildman–Crippen MR) is 119 cm³/mol. The summed E-state index contributed by atoms with van der Waals surface area (Å²) >= 11 is 0. The molecule has 168 valence electrons. The van der Waals surface area contributed by atoms with Gasteiger partial charge in [-0.05, 0) is 35.4 Å². The van der Waals surface area contributed by atoms with Crippen molar-refractivity contribution in [3.63, 3.8) is 0 Å². The Labute approximate surface area is 185 Å². The van der Waals surface area contributed by atoms with Crippen LogP contribution in [-0.2, 0) is 4.74 Å². The number of hydrogen-bond acceptors (Lipinski definition) is 7. The second kappa shape index (κ2) is 11.0. The van der Waals surface area contributed by atoms with E-state index in [1.807, 2.05) is 54.6 Å². The van der Waals surface area contributed by atoms with E-state index in [4.69, 9.17) is 15.2 Å². The summed E-state index contributed by atoms with van der Waals surface area (Å²) in [7, 11) is 0. The van der Waals surface area contributed by atoms with E-state index in [0.29, 0.717) is 19.0 Å². The van der Waals surface area contributed by atoms with Crippen molar-refractivity contribution < 1.29 is 29.6 Å². The van der Waals surface area contributed by atoms with Crippen LogP contribution in [0.3, 0.4) is 0 Å². The first-order chi connectivity index (χ1) is 15.5. The van der Waals surface area contributed by atoms with Gasteiger partial charge in [0.1, 0.15) is 12.4 Å². The summed E-state index contributed by atoms with van der Waals surface area (Å²) in [6, 6.07) is 19.4. The van der Waals surface area contributed by atoms with E-state index in [-0.39, 0.29) is 24.8 Å². The van der Waals surface area contributed by atoms with Crippen molar-refractivity contribution in [1.29, 1.82) is 0 Å². The van der Waals surface area contributed by atoms with Crippen molar-refractivity contribution in [2.24, 2.45) is 5.73 Å². The van der Waals surface area contributed by atoms with E-state index >= 15 is 0 Å². The van der Waals surface area contributed by atoms with Gasteiger partial charge in [-0.3, -0.25) is 4.79 Å². The van der Waals surface area contributed by atoms with Gasteiger partial charge in [-0.1, -0.05) is 42.5 Å². The van der Waals surface area contributed by atoms with Crippen molar-refractivity contribution >= 4 is 5.91 Å². The molecule has 0 aliphatic carbocycles. The van der Waals surface area contributed by atoms with Crippen molar-refractivity contribution in [2.75, 3.05) is 26.4 Å². The predicted octanol–water partition coefficient (Wildman–Crippen LogP) is 2.68. The molecule has 0 saturated carbocycles. The zero-order valence-corrected chi connectivity index (χ0v) is 17.4. The molecule has 0 bridgehead atoms. The van der Waals surface area contributed by atoms with Crippen LogP contribution in [0, 0.1) is 0 Å². The van der Waals surface area contributed by atoms with E-state index in [2.05, 4.69) is 5.32 Å². The summed E-state index contributed by atoms with van der Waals surface area (Å²) < 4.78 is 11.1. The second-order valence-electron chi connectivity index (χ2n) is 7.04. The summed E-state index contributed by atoms with van der Waals surface area (Å²) in [4.78, 5) is 12.0. The molecule has 8 heteroatoms. The van der Waals surface area contributed by atoms with Gasteiger partial charge in [0.05, 0.1) is 19.3 Å². The third-order valence-electron chi connectivity index (χ3n) is 4.76. The van der Waals surface area contributed by atoms with E-state index in [1.54, 1.807) is 0 Å². The Balaban J connectivity index is 1.33. The number of amides is 1. The van der Waals surface area contributed by atoms with Crippen molar-refractivity contribution in [3.8, 4) is 23.0 Å². The molecule has 32 heavy (non-hydrogen) atoms. The number of rotatable bonds is 10. The lowest BCUT2D eigenvalue weighted by Gasteiger charge is -2.13. The Hall–Kier alpha value is -3.75. The average molecular weight is 438 g/mol. The Morgan fingerprint density at radius 3 is 2.16 bits per heavy atom. The highest BCUT2D eigenvalue weighted by atomic mass is 16.5. The van der Waals surface area contributed by atoms with Crippen LogP contribution in [0.15, 0.2) is 66.7 Å². The summed E-state index contributed by atoms with van der Waals surface area (Å²) in [5.41, 5.74) is 8.35. The van der Waals surface area contributed by atoms with Gasteiger partial charge in [-0.15, -0.1) is 0 Å². The summed E-state index contributed by atoms with van der Waals surface area (Å²) in [6.45, 7) is 1.17. The van der Waals surface area contributed by atoms with Crippen LogP contribution in [0.5, 0.6) is 23.0 Å². The van der Waals surface area contributed by atoms with Crippen LogP contribution in [0.4, 0.5) is 0 Å². The van der Waals surface area contributed by atoms with Gasteiger partial charge in [0.2, 0.25) is 0 Å². The minimum Gasteiger partial charge on any atom is -0.504 e. The molecule has 8 nitrogen and oxygen atoms in total. The highest BCUT2D eigenvalue weighted by Gasteiger charge is 2.13. The number of benzene rings is 3. The SMILES string of the molecule is NC(c1ccccc1)c1ccc(OCCOCCNC(=O)c2cc(O)c(O)c(O)c2)cc1. The fourth-order valence-corrected chi connectivity index (χ4v) is 3.02. The zero-order valence-electron chi connectivity index (χ0n) is 17.4. The lowest BCUT2D eigenvalue weighted by atomic mass is 10.00. The first-order valence-corrected chi connectivity index (χ1v) is 10.1. The first kappa shape index (κ1) is 22.9. The molecule has 0 aromatic heterocycles. The summed E-state index contributed by atoms with van der Waals surface area (Å²) in [6.07, 6.45) is 0. The molecule has 0 saturated heterocycles. The molecule has 0 aliphatic heterocycles. The average Bonchev–Trinajstić information content (AvgIpc) is 2.82. The van der Waals surface area contributed by atoms with Crippen molar-refractivity contribution in [1.82, 2.24) is 5.32 Å². The van der Waals surface area contributed by atoms with E-state index in [0.717, 1.165) is 23.3 Å². The van der Waals surface area contributed by atoms with Crippen LogP contribution in [0.25, 0.3) is 0 Å². The minimum absolute atomic E-state index is 0.0246. The topological polar surface area (TPSA) is 134 Å². The van der Waals surface area contributed by atoms with Crippen LogP contribution < -0.4 is 15.8 Å². The number of phenolic OH excluding ortho intramolecular Hbond substituents is 3. The van der Waals surface area contributed by atoms with Crippen LogP contribution in [0.2, 0.25) is 0 Å². The maximum atomic E-state index is 12.0. The van der Waals surface area contributed by atoms with Gasteiger partial charge in [-0.2, -0.15) is 0 Å². The molecule has 3 aromatic carbocycles. The van der Waals surface area contributed by atoms with Gasteiger partial charge < -0.3 is 35.8 Å². The fourth-order valence-electron chi connectivity index (χ4n) is 3.02. The molecule has 1 unspecified atom stereocenters. The van der Waals surface area contributed by atoms with E-state index < -0.39 is 23.2 Å². The fraction of sp³-hybridized carbons (Fsp3) is 0.208. The Morgan fingerprint density at radius 1 is 0.875 bits per heavy atom. The molecule has 1 atom stereocenters. The van der Waals surface area contributed by atoms with Gasteiger partial charge in [0.25, 0.3) is 5.91 Å². The standard InChI is InChI=1S/C24H26N2O6/c25-22(16-4-2-1-3-5-16)17-6-8-19(9-7-17)32-13-12-31-11-10-26-24(30)18-14-20(27)23(29)21(28)15-18/h1-9,14-15,22,27-29H,10-13,25H2,(H,26,30). The molecule has 0 aliphatic rings. The smallest absolute Gasteiger partial charge is 0.251 e. The van der Waals surface area contributed by atoms with Gasteiger partial charge in [-0.25, -0.2) is 0 Å². The second-order valence-corrected chi connectivity index (χ2v) is 7.04. The maximum Gasteiger partial charge on any atom is 0.251 e. The largest absolute Gasteiger partial charge is 0.504 e. The number of carbonyl (C=O) groups is 1. The third kappa shape index (κ3) is 6.13. The number of aromatic hydroxyl groups is 3. The van der Waals surface area contributed by atoms with Crippen molar-refractivity contribution in [2.45, 2.75) is 6.04 Å². The molecular weight excluding hydrogens is 412 g/mol. The number of carbonyl (C=O) groups excluding carboxylic acids is 1. The number of hydrogen-bond donors (Lipinski definition) is 5. The number of ether oxygens (including phenoxy) is 2. The molecule has 6 N–H and O–H groups in total. The number of nitrogens with one attached hydrogen (secondary N) is 1. The van der Waals surface area contributed by atoms with Crippen LogP contribution >= 0.6 is 0 Å². The molecule has 3 rings (SSSR count). The molecule has 3 aromatic rings. The Morgan fingerprint density at radius 2 is 1.50 bits per heavy atom. The van der Waals surface area contributed by atoms with E-state index in [9.17, 15) is 20.1 Å². The number of phenols is 3. The van der Waals surface area contributed by atoms with E-state index in [1.165, 1.54) is 0 Å². The molecule has 0 radical (unpaired) electrons. The quantitative estimate of drug-likeness (QED) is 0.243. The monoisotopic (exact) mass is 438 g/mol. The molecule has 1 amide bonds.